The molecule has 15 heavy (non-hydrogen) atoms. The average Bonchev–Trinajstić information content (AvgIpc) is 2.63. The van der Waals surface area contributed by atoms with Gasteiger partial charge < -0.3 is 0 Å². The van der Waals surface area contributed by atoms with Crippen LogP contribution in [0.5, 0.6) is 0 Å². The van der Waals surface area contributed by atoms with E-state index in [0.717, 1.165) is 0 Å². The lowest BCUT2D eigenvalue weighted by atomic mass is 10.3. The molecule has 80 valence electrons. The normalized spacial score (nSPS) is 25.3. The fraction of sp³-hybridized carbons (Fsp3) is 0.385. The lowest BCUT2D eigenvalue weighted by Gasteiger charge is -2.17. The predicted octanol–water partition coefficient (Wildman–Crippen LogP) is 4.31. The summed E-state index contributed by atoms with van der Waals surface area (Å²) in [6, 6.07) is 11.1. The Kier molecular flexibility index (Phi) is 3.53. The number of hydrogen-bond acceptors (Lipinski definition) is 1. The number of allylic oxidation sites excluding steroid dienone is 1. The molecule has 0 fully saturated rings. The van der Waals surface area contributed by atoms with Crippen LogP contribution in [0.2, 0.25) is 0 Å². The van der Waals surface area contributed by atoms with Crippen molar-refractivity contribution in [3.63, 3.8) is 0 Å². The zero-order chi connectivity index (χ0) is 10.7. The molecule has 0 nitrogen and oxygen atoms in total. The summed E-state index contributed by atoms with van der Waals surface area (Å²) >= 11 is 2.18. The van der Waals surface area contributed by atoms with Crippen LogP contribution >= 0.6 is 17.8 Å². The first kappa shape index (κ1) is 11.2. The number of rotatable bonds is 3. The Bertz CT molecular complexity index is 358. The Morgan fingerprint density at radius 3 is 2.53 bits per heavy atom. The van der Waals surface area contributed by atoms with Crippen LogP contribution in [0.1, 0.15) is 20.3 Å². The third-order valence-electron chi connectivity index (χ3n) is 2.82. The average molecular weight is 237 g/mol. The molecule has 1 aromatic carbocycles. The first-order valence-electron chi connectivity index (χ1n) is 5.53. The number of benzene rings is 1. The Morgan fingerprint density at radius 1 is 1.27 bits per heavy atom. The maximum absolute atomic E-state index is 2.58. The van der Waals surface area contributed by atoms with Crippen LogP contribution in [0.25, 0.3) is 0 Å². The van der Waals surface area contributed by atoms with Crippen LogP contribution in [0.15, 0.2) is 41.7 Å². The van der Waals surface area contributed by atoms with Gasteiger partial charge in [0.2, 0.25) is 0 Å². The van der Waals surface area contributed by atoms with Crippen LogP contribution in [0, 0.1) is 0 Å². The van der Waals surface area contributed by atoms with Crippen molar-refractivity contribution in [1.29, 1.82) is 0 Å². The Labute approximate surface area is 97.2 Å². The molecule has 0 aromatic heterocycles. The maximum Gasteiger partial charge on any atom is 0.131 e. The SMILES string of the molecule is CCS[P+]1(c2ccccc2)C=C(C)CC1. The second-order valence-corrected chi connectivity index (χ2v) is 10.4. The molecule has 0 amide bonds. The van der Waals surface area contributed by atoms with E-state index in [-0.39, 0.29) is 0 Å². The van der Waals surface area contributed by atoms with Crippen LogP contribution in [0.4, 0.5) is 0 Å². The van der Waals surface area contributed by atoms with Gasteiger partial charge >= 0.3 is 0 Å². The fourth-order valence-corrected chi connectivity index (χ4v) is 9.29. The molecule has 0 N–H and O–H groups in total. The van der Waals surface area contributed by atoms with E-state index in [1.165, 1.54) is 18.3 Å². The molecule has 1 unspecified atom stereocenters. The maximum atomic E-state index is 2.58. The highest BCUT2D eigenvalue weighted by Gasteiger charge is 2.42. The van der Waals surface area contributed by atoms with Crippen LogP contribution in [0.3, 0.4) is 0 Å². The van der Waals surface area contributed by atoms with Gasteiger partial charge in [0.05, 0.1) is 12.0 Å². The zero-order valence-electron chi connectivity index (χ0n) is 9.44. The van der Waals surface area contributed by atoms with E-state index in [1.807, 2.05) is 0 Å². The second-order valence-electron chi connectivity index (χ2n) is 4.00. The molecule has 2 heteroatoms. The predicted molar refractivity (Wildman–Crippen MR) is 74.4 cm³/mol. The summed E-state index contributed by atoms with van der Waals surface area (Å²) in [7, 11) is 0. The standard InChI is InChI=1S/C13H18PS/c1-3-15-14(10-9-12(2)11-14)13-7-5-4-6-8-13/h4-8,11H,3,9-10H2,1-2H3/q+1. The van der Waals surface area contributed by atoms with Crippen LogP contribution < -0.4 is 5.30 Å². The highest BCUT2D eigenvalue weighted by molar-refractivity contribution is 8.65. The fourth-order valence-electron chi connectivity index (χ4n) is 2.12. The highest BCUT2D eigenvalue weighted by atomic mass is 32.7. The van der Waals surface area contributed by atoms with Gasteiger partial charge in [0.1, 0.15) is 11.8 Å². The van der Waals surface area contributed by atoms with E-state index in [0.29, 0.717) is 0 Å². The van der Waals surface area contributed by atoms with E-state index in [9.17, 15) is 0 Å². The van der Waals surface area contributed by atoms with Gasteiger partial charge in [-0.1, -0.05) is 25.1 Å². The van der Waals surface area contributed by atoms with Gasteiger partial charge in [-0.25, -0.2) is 0 Å². The summed E-state index contributed by atoms with van der Waals surface area (Å²) in [5.74, 6) is 3.81. The van der Waals surface area contributed by atoms with E-state index in [4.69, 9.17) is 0 Å². The van der Waals surface area contributed by atoms with Gasteiger partial charge in [-0.3, -0.25) is 0 Å². The first-order valence-corrected chi connectivity index (χ1v) is 9.16. The van der Waals surface area contributed by atoms with Crippen LogP contribution in [-0.4, -0.2) is 11.9 Å². The highest BCUT2D eigenvalue weighted by Crippen LogP contribution is 2.73. The molecular weight excluding hydrogens is 219 g/mol. The summed E-state index contributed by atoms with van der Waals surface area (Å²) in [6.07, 6.45) is 2.68. The molecule has 1 heterocycles. The van der Waals surface area contributed by atoms with Crippen molar-refractivity contribution in [2.45, 2.75) is 20.3 Å². The first-order chi connectivity index (χ1) is 7.27. The largest absolute Gasteiger partial charge is 0.131 e. The molecule has 0 bridgehead atoms. The van der Waals surface area contributed by atoms with Gasteiger partial charge in [-0.2, -0.15) is 0 Å². The van der Waals surface area contributed by atoms with E-state index in [2.05, 4.69) is 61.4 Å². The molecule has 1 aromatic rings. The zero-order valence-corrected chi connectivity index (χ0v) is 11.2. The van der Waals surface area contributed by atoms with E-state index in [1.54, 1.807) is 10.9 Å². The van der Waals surface area contributed by atoms with Crippen molar-refractivity contribution in [1.82, 2.24) is 0 Å². The molecule has 0 aliphatic carbocycles. The van der Waals surface area contributed by atoms with Gasteiger partial charge in [0.15, 0.2) is 0 Å². The topological polar surface area (TPSA) is 0 Å². The smallest absolute Gasteiger partial charge is 0.0620 e. The molecule has 0 saturated carbocycles. The van der Waals surface area contributed by atoms with E-state index < -0.39 is 6.46 Å². The quantitative estimate of drug-likeness (QED) is 0.706. The van der Waals surface area contributed by atoms with Crippen molar-refractivity contribution in [2.75, 3.05) is 11.9 Å². The van der Waals surface area contributed by atoms with Crippen molar-refractivity contribution in [3.8, 4) is 0 Å². The lowest BCUT2D eigenvalue weighted by molar-refractivity contribution is 1.14. The van der Waals surface area contributed by atoms with Gasteiger partial charge in [-0.15, -0.1) is 0 Å². The van der Waals surface area contributed by atoms with Gasteiger partial charge in [0.25, 0.3) is 0 Å². The monoisotopic (exact) mass is 237 g/mol. The summed E-state index contributed by atoms with van der Waals surface area (Å²) in [5.41, 5.74) is 1.59. The second kappa shape index (κ2) is 4.72. The minimum absolute atomic E-state index is 1.00. The molecule has 1 aliphatic heterocycles. The van der Waals surface area contributed by atoms with Crippen LogP contribution in [-0.2, 0) is 0 Å². The summed E-state index contributed by atoms with van der Waals surface area (Å²) in [5, 5.41) is 1.58. The summed E-state index contributed by atoms with van der Waals surface area (Å²) < 4.78 is 0. The Balaban J connectivity index is 2.36. The lowest BCUT2D eigenvalue weighted by Crippen LogP contribution is -2.07. The molecule has 0 spiro atoms. The van der Waals surface area contributed by atoms with Crippen molar-refractivity contribution in [2.24, 2.45) is 0 Å². The minimum Gasteiger partial charge on any atom is -0.0620 e. The van der Waals surface area contributed by atoms with Crippen molar-refractivity contribution >= 4 is 23.2 Å². The molecule has 0 saturated heterocycles. The molecule has 1 atom stereocenters. The molecular formula is C13H18PS+. The summed E-state index contributed by atoms with van der Waals surface area (Å²) in [6.45, 7) is 3.55. The Morgan fingerprint density at radius 2 is 2.00 bits per heavy atom. The van der Waals surface area contributed by atoms with Gasteiger partial charge in [-0.05, 0) is 24.6 Å². The van der Waals surface area contributed by atoms with Crippen molar-refractivity contribution in [3.05, 3.63) is 41.7 Å². The third-order valence-corrected chi connectivity index (χ3v) is 10.1. The summed E-state index contributed by atoms with van der Waals surface area (Å²) in [4.78, 5) is 0. The number of hydrogen-bond donors (Lipinski definition) is 0. The third kappa shape index (κ3) is 2.29. The molecule has 1 aliphatic rings. The Hall–Kier alpha value is -0.260. The molecule has 2 rings (SSSR count). The van der Waals surface area contributed by atoms with Crippen molar-refractivity contribution < 1.29 is 0 Å². The minimum atomic E-state index is -1.00. The van der Waals surface area contributed by atoms with E-state index >= 15 is 0 Å². The molecule has 0 radical (unpaired) electrons. The van der Waals surface area contributed by atoms with Gasteiger partial charge in [0, 0.05) is 23.6 Å².